The number of nitrogens with one attached hydrogen (secondary N) is 1. The van der Waals surface area contributed by atoms with Gasteiger partial charge in [0, 0.05) is 29.4 Å². The largest absolute Gasteiger partial charge is 0.481 e. The van der Waals surface area contributed by atoms with Crippen molar-refractivity contribution in [3.05, 3.63) is 65.2 Å². The van der Waals surface area contributed by atoms with Crippen molar-refractivity contribution in [3.8, 4) is 17.0 Å². The van der Waals surface area contributed by atoms with Crippen LogP contribution in [-0.4, -0.2) is 35.3 Å². The lowest BCUT2D eigenvalue weighted by molar-refractivity contribution is -0.122. The lowest BCUT2D eigenvalue weighted by Crippen LogP contribution is -2.30. The smallest absolute Gasteiger partial charge is 0.265 e. The number of carbonyl (C=O) groups is 1. The zero-order chi connectivity index (χ0) is 22.5. The number of aromatic nitrogens is 2. The fourth-order valence-electron chi connectivity index (χ4n) is 3.69. The molecule has 1 aliphatic heterocycles. The quantitative estimate of drug-likeness (QED) is 0.537. The number of amides is 1. The Balaban J connectivity index is 1.35. The first kappa shape index (κ1) is 22.1. The Labute approximate surface area is 193 Å². The van der Waals surface area contributed by atoms with Crippen molar-refractivity contribution in [1.82, 2.24) is 10.2 Å². The summed E-state index contributed by atoms with van der Waals surface area (Å²) in [5, 5.41) is 12.4. The Morgan fingerprint density at radius 3 is 2.44 bits per heavy atom. The molecule has 0 aliphatic carbocycles. The van der Waals surface area contributed by atoms with Gasteiger partial charge in [-0.2, -0.15) is 0 Å². The monoisotopic (exact) mass is 450 g/mol. The number of carbonyl (C=O) groups excluding carboxylic acids is 1. The first-order valence-corrected chi connectivity index (χ1v) is 11.3. The summed E-state index contributed by atoms with van der Waals surface area (Å²) < 4.78 is 5.75. The summed E-state index contributed by atoms with van der Waals surface area (Å²) in [6, 6.07) is 16.9. The Hall–Kier alpha value is -3.12. The lowest BCUT2D eigenvalue weighted by Gasteiger charge is -2.27. The van der Waals surface area contributed by atoms with Gasteiger partial charge in [0.2, 0.25) is 0 Å². The highest BCUT2D eigenvalue weighted by molar-refractivity contribution is 6.31. The molecule has 1 aromatic heterocycles. The normalized spacial score (nSPS) is 14.7. The molecule has 1 unspecified atom stereocenters. The predicted octanol–water partition coefficient (Wildman–Crippen LogP) is 5.50. The third-order valence-corrected chi connectivity index (χ3v) is 6.01. The molecule has 2 heterocycles. The number of hydrogen-bond acceptors (Lipinski definition) is 5. The standard InChI is InChI=1S/C25H27ClN4O2/c1-17-16-21(10-11-22(17)26)32-18(2)25(31)27-20-8-6-19(7-9-20)23-12-13-24(29-28-23)30-14-4-3-5-15-30/h6-13,16,18H,3-5,14-15H2,1-2H3,(H,27,31). The van der Waals surface area contributed by atoms with Gasteiger partial charge < -0.3 is 15.0 Å². The van der Waals surface area contributed by atoms with Crippen molar-refractivity contribution >= 4 is 29.0 Å². The molecule has 2 aromatic carbocycles. The molecule has 1 fully saturated rings. The maximum Gasteiger partial charge on any atom is 0.265 e. The molecule has 1 atom stereocenters. The molecule has 32 heavy (non-hydrogen) atoms. The van der Waals surface area contributed by atoms with Gasteiger partial charge in [0.05, 0.1) is 5.69 Å². The molecular weight excluding hydrogens is 424 g/mol. The fraction of sp³-hybridized carbons (Fsp3) is 0.320. The number of hydrogen-bond donors (Lipinski definition) is 1. The van der Waals surface area contributed by atoms with E-state index in [-0.39, 0.29) is 5.91 Å². The highest BCUT2D eigenvalue weighted by Gasteiger charge is 2.16. The van der Waals surface area contributed by atoms with Crippen LogP contribution in [0.2, 0.25) is 5.02 Å². The molecule has 0 spiro atoms. The van der Waals surface area contributed by atoms with Crippen LogP contribution < -0.4 is 15.0 Å². The Morgan fingerprint density at radius 1 is 1.03 bits per heavy atom. The molecule has 6 nitrogen and oxygen atoms in total. The second-order valence-electron chi connectivity index (χ2n) is 8.06. The van der Waals surface area contributed by atoms with Crippen LogP contribution in [0, 0.1) is 6.92 Å². The zero-order valence-corrected chi connectivity index (χ0v) is 19.1. The van der Waals surface area contributed by atoms with Crippen molar-refractivity contribution in [2.45, 2.75) is 39.2 Å². The molecule has 1 aliphatic rings. The number of ether oxygens (including phenoxy) is 1. The van der Waals surface area contributed by atoms with Gasteiger partial charge in [0.1, 0.15) is 5.75 Å². The maximum atomic E-state index is 12.5. The van der Waals surface area contributed by atoms with Crippen LogP contribution in [0.5, 0.6) is 5.75 Å². The third kappa shape index (κ3) is 5.37. The summed E-state index contributed by atoms with van der Waals surface area (Å²) >= 11 is 6.04. The molecule has 4 rings (SSSR count). The summed E-state index contributed by atoms with van der Waals surface area (Å²) in [4.78, 5) is 14.8. The highest BCUT2D eigenvalue weighted by Crippen LogP contribution is 2.24. The van der Waals surface area contributed by atoms with Gasteiger partial charge in [-0.25, -0.2) is 0 Å². The van der Waals surface area contributed by atoms with Crippen molar-refractivity contribution in [1.29, 1.82) is 0 Å². The van der Waals surface area contributed by atoms with Crippen molar-refractivity contribution < 1.29 is 9.53 Å². The van der Waals surface area contributed by atoms with E-state index in [1.54, 1.807) is 19.1 Å². The van der Waals surface area contributed by atoms with E-state index in [1.807, 2.05) is 49.4 Å². The molecule has 0 bridgehead atoms. The summed E-state index contributed by atoms with van der Waals surface area (Å²) in [7, 11) is 0. The van der Waals surface area contributed by atoms with Gasteiger partial charge in [-0.05, 0) is 81.1 Å². The topological polar surface area (TPSA) is 67.3 Å². The lowest BCUT2D eigenvalue weighted by atomic mass is 10.1. The minimum absolute atomic E-state index is 0.226. The fourth-order valence-corrected chi connectivity index (χ4v) is 3.80. The first-order valence-electron chi connectivity index (χ1n) is 10.9. The maximum absolute atomic E-state index is 12.5. The number of benzene rings is 2. The minimum Gasteiger partial charge on any atom is -0.481 e. The average Bonchev–Trinajstić information content (AvgIpc) is 2.82. The van der Waals surface area contributed by atoms with Crippen LogP contribution in [0.1, 0.15) is 31.7 Å². The minimum atomic E-state index is -0.650. The van der Waals surface area contributed by atoms with Gasteiger partial charge in [-0.15, -0.1) is 10.2 Å². The number of aryl methyl sites for hydroxylation is 1. The van der Waals surface area contributed by atoms with Crippen molar-refractivity contribution in [3.63, 3.8) is 0 Å². The first-order chi connectivity index (χ1) is 15.5. The molecule has 0 radical (unpaired) electrons. The molecule has 3 aromatic rings. The van der Waals surface area contributed by atoms with Crippen LogP contribution in [0.15, 0.2) is 54.6 Å². The molecule has 1 saturated heterocycles. The van der Waals surface area contributed by atoms with Gasteiger partial charge in [-0.3, -0.25) is 4.79 Å². The van der Waals surface area contributed by atoms with E-state index < -0.39 is 6.10 Å². The average molecular weight is 451 g/mol. The molecule has 1 amide bonds. The molecule has 7 heteroatoms. The number of anilines is 2. The van der Waals surface area contributed by atoms with Crippen molar-refractivity contribution in [2.75, 3.05) is 23.3 Å². The van der Waals surface area contributed by atoms with E-state index in [0.29, 0.717) is 16.5 Å². The second-order valence-corrected chi connectivity index (χ2v) is 8.47. The van der Waals surface area contributed by atoms with E-state index in [0.717, 1.165) is 35.7 Å². The van der Waals surface area contributed by atoms with E-state index in [9.17, 15) is 4.79 Å². The van der Waals surface area contributed by atoms with Gasteiger partial charge in [0.25, 0.3) is 5.91 Å². The summed E-state index contributed by atoms with van der Waals surface area (Å²) in [6.07, 6.45) is 3.05. The van der Waals surface area contributed by atoms with Gasteiger partial charge in [-0.1, -0.05) is 23.7 Å². The second kappa shape index (κ2) is 10.0. The summed E-state index contributed by atoms with van der Waals surface area (Å²) in [5.41, 5.74) is 3.35. The Morgan fingerprint density at radius 2 is 1.78 bits per heavy atom. The van der Waals surface area contributed by atoms with Crippen LogP contribution in [0.3, 0.4) is 0 Å². The molecular formula is C25H27ClN4O2. The Kier molecular flexibility index (Phi) is 6.90. The van der Waals surface area contributed by atoms with Crippen LogP contribution in [-0.2, 0) is 4.79 Å². The van der Waals surface area contributed by atoms with Gasteiger partial charge >= 0.3 is 0 Å². The summed E-state index contributed by atoms with van der Waals surface area (Å²) in [5.74, 6) is 1.31. The van der Waals surface area contributed by atoms with Crippen LogP contribution in [0.25, 0.3) is 11.3 Å². The van der Waals surface area contributed by atoms with Gasteiger partial charge in [0.15, 0.2) is 11.9 Å². The van der Waals surface area contributed by atoms with E-state index in [2.05, 4.69) is 20.4 Å². The SMILES string of the molecule is Cc1cc(OC(C)C(=O)Nc2ccc(-c3ccc(N4CCCCC4)nn3)cc2)ccc1Cl. The van der Waals surface area contributed by atoms with Crippen LogP contribution >= 0.6 is 11.6 Å². The number of piperidine rings is 1. The van der Waals surface area contributed by atoms with E-state index >= 15 is 0 Å². The zero-order valence-electron chi connectivity index (χ0n) is 18.3. The molecule has 0 saturated carbocycles. The molecule has 1 N–H and O–H groups in total. The number of halogens is 1. The highest BCUT2D eigenvalue weighted by atomic mass is 35.5. The molecule has 166 valence electrons. The van der Waals surface area contributed by atoms with Crippen LogP contribution in [0.4, 0.5) is 11.5 Å². The summed E-state index contributed by atoms with van der Waals surface area (Å²) in [6.45, 7) is 5.70. The van der Waals surface area contributed by atoms with E-state index in [1.165, 1.54) is 19.3 Å². The van der Waals surface area contributed by atoms with Crippen molar-refractivity contribution in [2.24, 2.45) is 0 Å². The third-order valence-electron chi connectivity index (χ3n) is 5.59. The van der Waals surface area contributed by atoms with E-state index in [4.69, 9.17) is 16.3 Å². The Bertz CT molecular complexity index is 1060. The number of rotatable bonds is 6. The predicted molar refractivity (Wildman–Crippen MR) is 128 cm³/mol. The number of nitrogens with zero attached hydrogens (tertiary/aromatic N) is 3.